The number of hydrogen-bond donors (Lipinski definition) is 0. The van der Waals surface area contributed by atoms with Gasteiger partial charge >= 0.3 is 0 Å². The summed E-state index contributed by atoms with van der Waals surface area (Å²) < 4.78 is 0. The first-order valence-corrected chi connectivity index (χ1v) is 3.05. The molecule has 1 heterocycles. The normalized spacial score (nSPS) is 39.6. The van der Waals surface area contributed by atoms with E-state index in [1.165, 1.54) is 6.42 Å². The van der Waals surface area contributed by atoms with Gasteiger partial charge in [-0.2, -0.15) is 0 Å². The van der Waals surface area contributed by atoms with Gasteiger partial charge in [-0.1, -0.05) is 6.42 Å². The fourth-order valence-electron chi connectivity index (χ4n) is 0.961. The maximum atomic E-state index is 4.20. The molecule has 1 rings (SSSR count). The van der Waals surface area contributed by atoms with Gasteiger partial charge in [0.1, 0.15) is 0 Å². The Bertz CT molecular complexity index is 68.5. The molecule has 1 heteroatoms. The second kappa shape index (κ2) is 1.98. The molecule has 1 nitrogen and oxygen atoms in total. The molecule has 0 spiro atoms. The number of rotatable bonds is 0. The molecule has 0 unspecified atom stereocenters. The van der Waals surface area contributed by atoms with E-state index in [4.69, 9.17) is 0 Å². The highest BCUT2D eigenvalue weighted by Gasteiger charge is 2.21. The Hall–Kier alpha value is -0.170. The molecule has 0 bridgehead atoms. The summed E-state index contributed by atoms with van der Waals surface area (Å²) in [6.07, 6.45) is 2.31. The van der Waals surface area contributed by atoms with Crippen LogP contribution in [0.3, 0.4) is 0 Å². The zero-order chi connectivity index (χ0) is 6.04. The summed E-state index contributed by atoms with van der Waals surface area (Å²) in [7, 11) is 0. The lowest BCUT2D eigenvalue weighted by molar-refractivity contribution is 0.425. The van der Waals surface area contributed by atoms with Gasteiger partial charge in [-0.25, -0.2) is 0 Å². The van der Waals surface area contributed by atoms with Gasteiger partial charge in [0.05, 0.1) is 12.3 Å². The molecular weight excluding hydrogens is 98.1 g/mol. The van der Waals surface area contributed by atoms with Crippen LogP contribution in [-0.2, 0) is 0 Å². The largest absolute Gasteiger partial charge is 0.658 e. The van der Waals surface area contributed by atoms with Gasteiger partial charge in [0.2, 0.25) is 0 Å². The molecule has 1 fully saturated rings. The molecule has 0 aromatic carbocycles. The molecule has 0 saturated carbocycles. The van der Waals surface area contributed by atoms with E-state index in [1.54, 1.807) is 0 Å². The molecule has 45 valence electrons. The van der Waals surface area contributed by atoms with Gasteiger partial charge in [0.25, 0.3) is 0 Å². The van der Waals surface area contributed by atoms with Crippen LogP contribution in [0.2, 0.25) is 0 Å². The van der Waals surface area contributed by atoms with Gasteiger partial charge in [-0.15, -0.1) is 13.1 Å². The van der Waals surface area contributed by atoms with Crippen LogP contribution in [-0.4, -0.2) is 13.1 Å². The molecule has 0 aromatic rings. The number of piperidine rings is 1. The predicted octanol–water partition coefficient (Wildman–Crippen LogP) is 1.81. The molecule has 1 radical (unpaired) electrons. The van der Waals surface area contributed by atoms with Gasteiger partial charge < -0.3 is 5.32 Å². The predicted molar refractivity (Wildman–Crippen MR) is 35.5 cm³/mol. The Morgan fingerprint density at radius 2 is 2.38 bits per heavy atom. The average molecular weight is 110 g/mol. The van der Waals surface area contributed by atoms with Crippen LogP contribution in [0.1, 0.15) is 12.8 Å². The fraction of sp³-hybridized carbons (Fsp3) is 0.714. The fourth-order valence-corrected chi connectivity index (χ4v) is 0.961. The molecule has 0 N–H and O–H groups in total. The van der Waals surface area contributed by atoms with E-state index in [-0.39, 0.29) is 5.41 Å². The number of nitrogens with zero attached hydrogens (tertiary/aromatic N) is 1. The summed E-state index contributed by atoms with van der Waals surface area (Å²) in [5, 5.41) is 4.20. The van der Waals surface area contributed by atoms with Gasteiger partial charge in [0, 0.05) is 0 Å². The van der Waals surface area contributed by atoms with Crippen LogP contribution in [0.15, 0.2) is 0 Å². The summed E-state index contributed by atoms with van der Waals surface area (Å²) in [5.41, 5.74) is 0.0122. The molecule has 0 amide bonds. The lowest BCUT2D eigenvalue weighted by Gasteiger charge is -2.33. The van der Waals surface area contributed by atoms with Crippen molar-refractivity contribution in [2.45, 2.75) is 12.8 Å². The second-order valence-electron chi connectivity index (χ2n) is 2.71. The minimum Gasteiger partial charge on any atom is -0.658 e. The van der Waals surface area contributed by atoms with Crippen molar-refractivity contribution in [1.29, 1.82) is 0 Å². The molecule has 1 aliphatic heterocycles. The maximum absolute atomic E-state index is 4.20. The van der Waals surface area contributed by atoms with Crippen LogP contribution >= 0.6 is 0 Å². The smallest absolute Gasteiger partial charge is 0.0869 e. The summed E-state index contributed by atoms with van der Waals surface area (Å²) in [6.45, 7) is 9.72. The van der Waals surface area contributed by atoms with Crippen molar-refractivity contribution in [2.24, 2.45) is 5.41 Å². The summed E-state index contributed by atoms with van der Waals surface area (Å²) in [6, 6.07) is 0. The Kier molecular flexibility index (Phi) is 1.47. The lowest BCUT2D eigenvalue weighted by atomic mass is 9.85. The molecule has 0 aromatic heterocycles. The monoisotopic (exact) mass is 110 g/mol. The average Bonchev–Trinajstić information content (AvgIpc) is 1.65. The maximum Gasteiger partial charge on any atom is 0.0869 e. The molecule has 0 atom stereocenters. The quantitative estimate of drug-likeness (QED) is 0.422. The third kappa shape index (κ3) is 1.41. The first-order valence-electron chi connectivity index (χ1n) is 3.05. The van der Waals surface area contributed by atoms with Crippen LogP contribution in [0, 0.1) is 19.3 Å². The zero-order valence-corrected chi connectivity index (χ0v) is 5.19. The van der Waals surface area contributed by atoms with Gasteiger partial charge in [-0.05, 0) is 13.3 Å². The lowest BCUT2D eigenvalue weighted by Crippen LogP contribution is -2.22. The molecule has 8 heavy (non-hydrogen) atoms. The third-order valence-corrected chi connectivity index (χ3v) is 1.47. The third-order valence-electron chi connectivity index (χ3n) is 1.47. The highest BCUT2D eigenvalue weighted by atomic mass is 14.9. The highest BCUT2D eigenvalue weighted by molar-refractivity contribution is 5.00. The Balaban J connectivity index is 2.33. The highest BCUT2D eigenvalue weighted by Crippen LogP contribution is 2.27. The van der Waals surface area contributed by atoms with Crippen molar-refractivity contribution in [3.05, 3.63) is 19.2 Å². The van der Waals surface area contributed by atoms with Gasteiger partial charge in [-0.3, -0.25) is 0 Å². The second-order valence-corrected chi connectivity index (χ2v) is 2.71. The summed E-state index contributed by atoms with van der Waals surface area (Å²) in [4.78, 5) is 0. The van der Waals surface area contributed by atoms with E-state index in [2.05, 4.69) is 19.2 Å². The minimum absolute atomic E-state index is 0.0122. The van der Waals surface area contributed by atoms with Crippen LogP contribution in [0.4, 0.5) is 0 Å². The first-order chi connectivity index (χ1) is 3.71. The van der Waals surface area contributed by atoms with Crippen molar-refractivity contribution in [3.63, 3.8) is 0 Å². The van der Waals surface area contributed by atoms with Crippen molar-refractivity contribution in [1.82, 2.24) is 0 Å². The van der Waals surface area contributed by atoms with Crippen LogP contribution < -0.4 is 0 Å². The SMILES string of the molecule is [CH2]C1([CH2+])CCC[N-]C1. The topological polar surface area (TPSA) is 14.1 Å². The Morgan fingerprint density at radius 1 is 1.62 bits per heavy atom. The Labute approximate surface area is 51.5 Å². The summed E-state index contributed by atoms with van der Waals surface area (Å²) in [5.74, 6) is 0. The van der Waals surface area contributed by atoms with E-state index in [0.29, 0.717) is 0 Å². The van der Waals surface area contributed by atoms with Crippen molar-refractivity contribution in [2.75, 3.05) is 13.1 Å². The van der Waals surface area contributed by atoms with Crippen LogP contribution in [0.5, 0.6) is 0 Å². The Morgan fingerprint density at radius 3 is 2.62 bits per heavy atom. The van der Waals surface area contributed by atoms with Gasteiger partial charge in [0.15, 0.2) is 0 Å². The molecule has 1 saturated heterocycles. The summed E-state index contributed by atoms with van der Waals surface area (Å²) >= 11 is 0. The van der Waals surface area contributed by atoms with E-state index < -0.39 is 0 Å². The van der Waals surface area contributed by atoms with E-state index in [0.717, 1.165) is 19.5 Å². The van der Waals surface area contributed by atoms with Crippen LogP contribution in [0.25, 0.3) is 5.32 Å². The van der Waals surface area contributed by atoms with E-state index in [1.807, 2.05) is 0 Å². The van der Waals surface area contributed by atoms with E-state index >= 15 is 0 Å². The first kappa shape index (κ1) is 5.96. The molecule has 1 aliphatic rings. The standard InChI is InChI=1S/C7H12N/c1-7(2)4-3-5-8-6-7/h1-6H2. The molecule has 0 aliphatic carbocycles. The number of hydrogen-bond acceptors (Lipinski definition) is 0. The minimum atomic E-state index is 0.0122. The zero-order valence-electron chi connectivity index (χ0n) is 5.19. The van der Waals surface area contributed by atoms with Crippen molar-refractivity contribution >= 4 is 0 Å². The van der Waals surface area contributed by atoms with E-state index in [9.17, 15) is 0 Å². The van der Waals surface area contributed by atoms with Crippen molar-refractivity contribution < 1.29 is 0 Å². The molecular formula is C7H12N. The van der Waals surface area contributed by atoms with Crippen molar-refractivity contribution in [3.8, 4) is 0 Å².